The molecule has 1 atom stereocenters. The molecule has 138 valence electrons. The number of benzene rings is 2. The van der Waals surface area contributed by atoms with Crippen LogP contribution in [-0.4, -0.2) is 22.1 Å². The van der Waals surface area contributed by atoms with Crippen molar-refractivity contribution in [1.29, 1.82) is 0 Å². The number of carbonyl (C=O) groups excluding carboxylic acids is 1. The lowest BCUT2D eigenvalue weighted by atomic mass is 10.1. The molecule has 1 aromatic heterocycles. The van der Waals surface area contributed by atoms with Gasteiger partial charge in [0.15, 0.2) is 0 Å². The zero-order valence-corrected chi connectivity index (χ0v) is 15.6. The third-order valence-electron chi connectivity index (χ3n) is 4.41. The van der Waals surface area contributed by atoms with E-state index >= 15 is 0 Å². The number of rotatable bonds is 7. The maximum absolute atomic E-state index is 12.1. The summed E-state index contributed by atoms with van der Waals surface area (Å²) >= 11 is 0. The van der Waals surface area contributed by atoms with Crippen LogP contribution in [0.5, 0.6) is 0 Å². The molecule has 0 radical (unpaired) electrons. The van der Waals surface area contributed by atoms with E-state index in [0.29, 0.717) is 12.1 Å². The highest BCUT2D eigenvalue weighted by Gasteiger charge is 2.09. The van der Waals surface area contributed by atoms with Gasteiger partial charge in [-0.05, 0) is 43.2 Å². The third kappa shape index (κ3) is 5.14. The van der Waals surface area contributed by atoms with Crippen LogP contribution in [0.1, 0.15) is 36.2 Å². The first-order chi connectivity index (χ1) is 13.2. The van der Waals surface area contributed by atoms with Gasteiger partial charge in [-0.2, -0.15) is 0 Å². The van der Waals surface area contributed by atoms with Crippen molar-refractivity contribution in [2.45, 2.75) is 32.9 Å². The first-order valence-electron chi connectivity index (χ1n) is 9.18. The van der Waals surface area contributed by atoms with E-state index in [1.165, 1.54) is 5.56 Å². The minimum Gasteiger partial charge on any atom is -0.365 e. The number of nitrogens with one attached hydrogen (secondary N) is 2. The summed E-state index contributed by atoms with van der Waals surface area (Å²) in [6.45, 7) is 4.75. The van der Waals surface area contributed by atoms with Gasteiger partial charge < -0.3 is 10.6 Å². The van der Waals surface area contributed by atoms with Gasteiger partial charge in [-0.1, -0.05) is 49.4 Å². The Kier molecular flexibility index (Phi) is 6.15. The molecule has 27 heavy (non-hydrogen) atoms. The molecule has 0 aliphatic heterocycles. The Morgan fingerprint density at radius 3 is 2.33 bits per heavy atom. The second kappa shape index (κ2) is 8.94. The van der Waals surface area contributed by atoms with Crippen molar-refractivity contribution in [3.63, 3.8) is 0 Å². The Morgan fingerprint density at radius 1 is 0.963 bits per heavy atom. The highest BCUT2D eigenvalue weighted by atomic mass is 16.1. The third-order valence-corrected chi connectivity index (χ3v) is 4.41. The first kappa shape index (κ1) is 18.6. The van der Waals surface area contributed by atoms with Crippen molar-refractivity contribution in [2.24, 2.45) is 0 Å². The SMILES string of the molecule is CCC(C)NC(=O)c1ccc(-c2ccc(NCc3ccccc3)nn2)cc1. The second-order valence-corrected chi connectivity index (χ2v) is 6.50. The molecule has 0 saturated carbocycles. The average molecular weight is 360 g/mol. The molecule has 5 heteroatoms. The van der Waals surface area contributed by atoms with Crippen LogP contribution in [0.3, 0.4) is 0 Å². The molecular formula is C22H24N4O. The first-order valence-corrected chi connectivity index (χ1v) is 9.18. The van der Waals surface area contributed by atoms with Crippen LogP contribution in [-0.2, 0) is 6.54 Å². The summed E-state index contributed by atoms with van der Waals surface area (Å²) in [5, 5.41) is 14.7. The Balaban J connectivity index is 1.62. The molecule has 1 unspecified atom stereocenters. The minimum atomic E-state index is -0.0533. The van der Waals surface area contributed by atoms with Gasteiger partial charge in [0.05, 0.1) is 5.69 Å². The van der Waals surface area contributed by atoms with Crippen LogP contribution in [0.25, 0.3) is 11.3 Å². The Morgan fingerprint density at radius 2 is 1.70 bits per heavy atom. The summed E-state index contributed by atoms with van der Waals surface area (Å²) in [6.07, 6.45) is 0.907. The number of nitrogens with zero attached hydrogens (tertiary/aromatic N) is 2. The van der Waals surface area contributed by atoms with Crippen LogP contribution >= 0.6 is 0 Å². The number of hydrogen-bond donors (Lipinski definition) is 2. The number of amides is 1. The fourth-order valence-electron chi connectivity index (χ4n) is 2.57. The number of carbonyl (C=O) groups is 1. The number of hydrogen-bond acceptors (Lipinski definition) is 4. The molecule has 0 bridgehead atoms. The van der Waals surface area contributed by atoms with Crippen LogP contribution in [0, 0.1) is 0 Å². The fourth-order valence-corrected chi connectivity index (χ4v) is 2.57. The van der Waals surface area contributed by atoms with Gasteiger partial charge in [0, 0.05) is 23.7 Å². The standard InChI is InChI=1S/C22H24N4O/c1-3-16(2)24-22(27)19-11-9-18(10-12-19)20-13-14-21(26-25-20)23-15-17-7-5-4-6-8-17/h4-14,16H,3,15H2,1-2H3,(H,23,26)(H,24,27). The summed E-state index contributed by atoms with van der Waals surface area (Å²) in [5.41, 5.74) is 3.54. The molecule has 1 heterocycles. The van der Waals surface area contributed by atoms with Crippen LogP contribution in [0.15, 0.2) is 66.7 Å². The minimum absolute atomic E-state index is 0.0533. The van der Waals surface area contributed by atoms with E-state index in [9.17, 15) is 4.79 Å². The van der Waals surface area contributed by atoms with Gasteiger partial charge in [0.25, 0.3) is 5.91 Å². The van der Waals surface area contributed by atoms with Crippen molar-refractivity contribution in [2.75, 3.05) is 5.32 Å². The molecule has 0 aliphatic carbocycles. The topological polar surface area (TPSA) is 66.9 Å². The summed E-state index contributed by atoms with van der Waals surface area (Å²) < 4.78 is 0. The molecule has 5 nitrogen and oxygen atoms in total. The van der Waals surface area contributed by atoms with Gasteiger partial charge >= 0.3 is 0 Å². The molecule has 2 aromatic carbocycles. The van der Waals surface area contributed by atoms with Crippen molar-refractivity contribution in [1.82, 2.24) is 15.5 Å². The smallest absolute Gasteiger partial charge is 0.251 e. The molecule has 0 saturated heterocycles. The number of aromatic nitrogens is 2. The average Bonchev–Trinajstić information content (AvgIpc) is 2.73. The predicted molar refractivity (Wildman–Crippen MR) is 108 cm³/mol. The van der Waals surface area contributed by atoms with Crippen molar-refractivity contribution in [3.05, 3.63) is 77.9 Å². The Labute approximate surface area is 159 Å². The van der Waals surface area contributed by atoms with E-state index in [1.807, 2.05) is 68.4 Å². The summed E-state index contributed by atoms with van der Waals surface area (Å²) in [7, 11) is 0. The predicted octanol–water partition coefficient (Wildman–Crippen LogP) is 4.28. The van der Waals surface area contributed by atoms with Crippen molar-refractivity contribution >= 4 is 11.7 Å². The molecule has 0 fully saturated rings. The Hall–Kier alpha value is -3.21. The van der Waals surface area contributed by atoms with Crippen LogP contribution < -0.4 is 10.6 Å². The van der Waals surface area contributed by atoms with Crippen LogP contribution in [0.4, 0.5) is 5.82 Å². The van der Waals surface area contributed by atoms with E-state index in [-0.39, 0.29) is 11.9 Å². The van der Waals surface area contributed by atoms with Gasteiger partial charge in [-0.15, -0.1) is 10.2 Å². The maximum atomic E-state index is 12.1. The highest BCUT2D eigenvalue weighted by molar-refractivity contribution is 5.94. The Bertz CT molecular complexity index is 861. The maximum Gasteiger partial charge on any atom is 0.251 e. The normalized spacial score (nSPS) is 11.6. The molecular weight excluding hydrogens is 336 g/mol. The zero-order valence-electron chi connectivity index (χ0n) is 15.6. The van der Waals surface area contributed by atoms with Crippen LogP contribution in [0.2, 0.25) is 0 Å². The molecule has 0 spiro atoms. The number of anilines is 1. The quantitative estimate of drug-likeness (QED) is 0.660. The monoisotopic (exact) mass is 360 g/mol. The molecule has 1 amide bonds. The summed E-state index contributed by atoms with van der Waals surface area (Å²) in [4.78, 5) is 12.1. The molecule has 2 N–H and O–H groups in total. The van der Waals surface area contributed by atoms with Gasteiger partial charge in [0.2, 0.25) is 0 Å². The lowest BCUT2D eigenvalue weighted by molar-refractivity contribution is 0.0939. The van der Waals surface area contributed by atoms with Gasteiger partial charge in [-0.25, -0.2) is 0 Å². The molecule has 3 rings (SSSR count). The van der Waals surface area contributed by atoms with E-state index in [2.05, 4.69) is 33.0 Å². The zero-order chi connectivity index (χ0) is 19.1. The van der Waals surface area contributed by atoms with Crippen molar-refractivity contribution in [3.8, 4) is 11.3 Å². The fraction of sp³-hybridized carbons (Fsp3) is 0.227. The van der Waals surface area contributed by atoms with E-state index < -0.39 is 0 Å². The van der Waals surface area contributed by atoms with Crippen molar-refractivity contribution < 1.29 is 4.79 Å². The summed E-state index contributed by atoms with van der Waals surface area (Å²) in [5.74, 6) is 0.676. The second-order valence-electron chi connectivity index (χ2n) is 6.50. The summed E-state index contributed by atoms with van der Waals surface area (Å²) in [6, 6.07) is 21.6. The van der Waals surface area contributed by atoms with E-state index in [0.717, 1.165) is 23.5 Å². The lowest BCUT2D eigenvalue weighted by Crippen LogP contribution is -2.31. The largest absolute Gasteiger partial charge is 0.365 e. The van der Waals surface area contributed by atoms with Gasteiger partial charge in [-0.3, -0.25) is 4.79 Å². The molecule has 0 aliphatic rings. The van der Waals surface area contributed by atoms with Gasteiger partial charge in [0.1, 0.15) is 5.82 Å². The highest BCUT2D eigenvalue weighted by Crippen LogP contribution is 2.18. The molecule has 3 aromatic rings. The van der Waals surface area contributed by atoms with E-state index in [1.54, 1.807) is 0 Å². The van der Waals surface area contributed by atoms with E-state index in [4.69, 9.17) is 0 Å². The lowest BCUT2D eigenvalue weighted by Gasteiger charge is -2.11.